The Morgan fingerprint density at radius 2 is 2.21 bits per heavy atom. The molecule has 1 aromatic carbocycles. The number of carbonyl (C=O) groups excluding carboxylic acids is 1. The molecule has 2 aromatic rings. The van der Waals surface area contributed by atoms with Crippen molar-refractivity contribution in [3.8, 4) is 17.0 Å². The Kier molecular flexibility index (Phi) is 4.01. The van der Waals surface area contributed by atoms with Gasteiger partial charge in [-0.2, -0.15) is 0 Å². The van der Waals surface area contributed by atoms with E-state index in [9.17, 15) is 9.59 Å². The number of hydrogen-bond donors (Lipinski definition) is 1. The van der Waals surface area contributed by atoms with Gasteiger partial charge in [-0.1, -0.05) is 23.5 Å². The van der Waals surface area contributed by atoms with E-state index in [0.29, 0.717) is 17.0 Å². The fourth-order valence-corrected chi connectivity index (χ4v) is 2.40. The van der Waals surface area contributed by atoms with Gasteiger partial charge in [0.15, 0.2) is 0 Å². The quantitative estimate of drug-likeness (QED) is 0.872. The van der Waals surface area contributed by atoms with Crippen molar-refractivity contribution in [3.63, 3.8) is 0 Å². The van der Waals surface area contributed by atoms with Crippen molar-refractivity contribution >= 4 is 17.3 Å². The molecular weight excluding hydrogens is 266 g/mol. The number of methoxy groups -OCH3 is 1. The van der Waals surface area contributed by atoms with Crippen LogP contribution in [-0.2, 0) is 4.74 Å². The molecule has 1 heterocycles. The first kappa shape index (κ1) is 13.4. The molecule has 0 fully saturated rings. The standard InChI is InChI=1S/C13H13NO4S/c1-3-18-12(15)11-10(14-13(16)19-11)8-5-4-6-9(7-8)17-2/h4-7H,3H2,1-2H3,(H,14,16). The van der Waals surface area contributed by atoms with Gasteiger partial charge in [0.25, 0.3) is 0 Å². The van der Waals surface area contributed by atoms with Crippen molar-refractivity contribution in [3.05, 3.63) is 38.8 Å². The molecule has 0 spiro atoms. The summed E-state index contributed by atoms with van der Waals surface area (Å²) in [7, 11) is 1.56. The van der Waals surface area contributed by atoms with Gasteiger partial charge in [-0.05, 0) is 19.1 Å². The van der Waals surface area contributed by atoms with Crippen LogP contribution in [0, 0.1) is 0 Å². The van der Waals surface area contributed by atoms with Gasteiger partial charge in [0.1, 0.15) is 10.6 Å². The molecule has 1 aromatic heterocycles. The number of hydrogen-bond acceptors (Lipinski definition) is 5. The third-order valence-corrected chi connectivity index (χ3v) is 3.33. The van der Waals surface area contributed by atoms with Crippen LogP contribution in [0.4, 0.5) is 0 Å². The molecule has 0 aliphatic rings. The summed E-state index contributed by atoms with van der Waals surface area (Å²) < 4.78 is 10.1. The normalized spacial score (nSPS) is 10.2. The Bertz CT molecular complexity index is 644. The van der Waals surface area contributed by atoms with E-state index in [-0.39, 0.29) is 16.4 Å². The van der Waals surface area contributed by atoms with Crippen molar-refractivity contribution in [1.29, 1.82) is 0 Å². The monoisotopic (exact) mass is 279 g/mol. The highest BCUT2D eigenvalue weighted by Crippen LogP contribution is 2.26. The number of thiazole rings is 1. The number of H-pyrrole nitrogens is 1. The Morgan fingerprint density at radius 3 is 2.89 bits per heavy atom. The van der Waals surface area contributed by atoms with Gasteiger partial charge in [0, 0.05) is 5.56 Å². The molecule has 0 amide bonds. The lowest BCUT2D eigenvalue weighted by Crippen LogP contribution is -2.04. The molecule has 0 saturated carbocycles. The highest BCUT2D eigenvalue weighted by Gasteiger charge is 2.18. The number of aromatic nitrogens is 1. The molecule has 0 aliphatic heterocycles. The van der Waals surface area contributed by atoms with E-state index in [2.05, 4.69) is 4.98 Å². The average Bonchev–Trinajstić information content (AvgIpc) is 2.81. The molecule has 0 saturated heterocycles. The topological polar surface area (TPSA) is 68.4 Å². The molecule has 0 atom stereocenters. The zero-order chi connectivity index (χ0) is 13.8. The predicted molar refractivity (Wildman–Crippen MR) is 72.9 cm³/mol. The Balaban J connectivity index is 2.49. The Labute approximate surface area is 113 Å². The maximum atomic E-state index is 11.8. The van der Waals surface area contributed by atoms with Crippen molar-refractivity contribution in [1.82, 2.24) is 4.98 Å². The number of nitrogens with one attached hydrogen (secondary N) is 1. The number of benzene rings is 1. The number of carbonyl (C=O) groups is 1. The molecule has 1 N–H and O–H groups in total. The molecule has 0 bridgehead atoms. The van der Waals surface area contributed by atoms with Gasteiger partial charge in [-0.3, -0.25) is 4.79 Å². The van der Waals surface area contributed by atoms with E-state index in [1.807, 2.05) is 0 Å². The minimum Gasteiger partial charge on any atom is -0.497 e. The van der Waals surface area contributed by atoms with Gasteiger partial charge in [0.05, 0.1) is 19.4 Å². The van der Waals surface area contributed by atoms with Crippen molar-refractivity contribution < 1.29 is 14.3 Å². The minimum atomic E-state index is -0.497. The molecule has 0 radical (unpaired) electrons. The van der Waals surface area contributed by atoms with Crippen LogP contribution in [0.1, 0.15) is 16.6 Å². The van der Waals surface area contributed by atoms with E-state index in [1.165, 1.54) is 0 Å². The summed E-state index contributed by atoms with van der Waals surface area (Å²) in [6.45, 7) is 1.99. The second kappa shape index (κ2) is 5.71. The fourth-order valence-electron chi connectivity index (χ4n) is 1.65. The number of rotatable bonds is 4. The van der Waals surface area contributed by atoms with Crippen LogP contribution in [0.5, 0.6) is 5.75 Å². The maximum Gasteiger partial charge on any atom is 0.350 e. The van der Waals surface area contributed by atoms with Crippen LogP contribution >= 0.6 is 11.3 Å². The summed E-state index contributed by atoms with van der Waals surface area (Å²) in [6.07, 6.45) is 0. The zero-order valence-electron chi connectivity index (χ0n) is 10.6. The first-order valence-electron chi connectivity index (χ1n) is 5.70. The van der Waals surface area contributed by atoms with Crippen molar-refractivity contribution in [2.75, 3.05) is 13.7 Å². The summed E-state index contributed by atoms with van der Waals surface area (Å²) >= 11 is 0.844. The van der Waals surface area contributed by atoms with E-state index in [4.69, 9.17) is 9.47 Å². The van der Waals surface area contributed by atoms with Gasteiger partial charge in [-0.25, -0.2) is 4.79 Å². The maximum absolute atomic E-state index is 11.8. The van der Waals surface area contributed by atoms with Crippen molar-refractivity contribution in [2.24, 2.45) is 0 Å². The minimum absolute atomic E-state index is 0.266. The Hall–Kier alpha value is -2.08. The molecule has 2 rings (SSSR count). The van der Waals surface area contributed by atoms with E-state index in [1.54, 1.807) is 38.3 Å². The van der Waals surface area contributed by atoms with E-state index in [0.717, 1.165) is 11.3 Å². The largest absolute Gasteiger partial charge is 0.497 e. The second-order valence-corrected chi connectivity index (χ2v) is 4.65. The first-order chi connectivity index (χ1) is 9.15. The lowest BCUT2D eigenvalue weighted by molar-refractivity contribution is 0.0532. The van der Waals surface area contributed by atoms with Crippen LogP contribution < -0.4 is 9.61 Å². The van der Waals surface area contributed by atoms with Crippen LogP contribution in [0.2, 0.25) is 0 Å². The second-order valence-electron chi connectivity index (χ2n) is 3.67. The van der Waals surface area contributed by atoms with Gasteiger partial charge in [0.2, 0.25) is 0 Å². The van der Waals surface area contributed by atoms with Gasteiger partial charge >= 0.3 is 10.8 Å². The number of esters is 1. The summed E-state index contributed by atoms with van der Waals surface area (Å²) in [5.41, 5.74) is 1.17. The van der Waals surface area contributed by atoms with Crippen LogP contribution in [0.25, 0.3) is 11.3 Å². The highest BCUT2D eigenvalue weighted by atomic mass is 32.1. The van der Waals surface area contributed by atoms with Crippen LogP contribution in [0.3, 0.4) is 0 Å². The SMILES string of the molecule is CCOC(=O)c1sc(=O)[nH]c1-c1cccc(OC)c1. The molecule has 0 unspecified atom stereocenters. The smallest absolute Gasteiger partial charge is 0.350 e. The molecule has 6 heteroatoms. The van der Waals surface area contributed by atoms with Crippen LogP contribution in [-0.4, -0.2) is 24.7 Å². The fraction of sp³-hybridized carbons (Fsp3) is 0.231. The summed E-state index contributed by atoms with van der Waals surface area (Å²) in [5, 5.41) is 0. The number of ether oxygens (including phenoxy) is 2. The molecule has 100 valence electrons. The lowest BCUT2D eigenvalue weighted by atomic mass is 10.1. The van der Waals surface area contributed by atoms with Crippen molar-refractivity contribution in [2.45, 2.75) is 6.92 Å². The molecule has 0 aliphatic carbocycles. The van der Waals surface area contributed by atoms with E-state index < -0.39 is 5.97 Å². The lowest BCUT2D eigenvalue weighted by Gasteiger charge is -2.05. The van der Waals surface area contributed by atoms with E-state index >= 15 is 0 Å². The third-order valence-electron chi connectivity index (χ3n) is 2.47. The third kappa shape index (κ3) is 2.85. The Morgan fingerprint density at radius 1 is 1.42 bits per heavy atom. The van der Waals surface area contributed by atoms with Crippen LogP contribution in [0.15, 0.2) is 29.1 Å². The molecule has 5 nitrogen and oxygen atoms in total. The van der Waals surface area contributed by atoms with Gasteiger partial charge in [-0.15, -0.1) is 0 Å². The molecule has 19 heavy (non-hydrogen) atoms. The first-order valence-corrected chi connectivity index (χ1v) is 6.52. The molecular formula is C13H13NO4S. The average molecular weight is 279 g/mol. The summed E-state index contributed by atoms with van der Waals surface area (Å²) in [4.78, 5) is 25.9. The predicted octanol–water partition coefficient (Wildman–Crippen LogP) is 2.29. The summed E-state index contributed by atoms with van der Waals surface area (Å²) in [6, 6.07) is 7.13. The number of aromatic amines is 1. The summed E-state index contributed by atoms with van der Waals surface area (Å²) in [5.74, 6) is 0.156. The highest BCUT2D eigenvalue weighted by molar-refractivity contribution is 7.11. The van der Waals surface area contributed by atoms with Gasteiger partial charge < -0.3 is 14.5 Å². The zero-order valence-corrected chi connectivity index (χ0v) is 11.4.